The molecule has 0 bridgehead atoms. The summed E-state index contributed by atoms with van der Waals surface area (Å²) in [7, 11) is 0. The van der Waals surface area contributed by atoms with E-state index in [1.807, 2.05) is 17.3 Å². The van der Waals surface area contributed by atoms with Crippen molar-refractivity contribution < 1.29 is 4.79 Å². The molecule has 2 aromatic heterocycles. The molecule has 1 aliphatic carbocycles. The van der Waals surface area contributed by atoms with Gasteiger partial charge in [-0.05, 0) is 112 Å². The molecular weight excluding hydrogens is 558 g/mol. The highest BCUT2D eigenvalue weighted by molar-refractivity contribution is 5.92. The van der Waals surface area contributed by atoms with Crippen LogP contribution >= 0.6 is 0 Å². The fraction of sp³-hybridized carbons (Fsp3) is 0.405. The number of pyridine rings is 1. The number of carbonyl (C=O) groups excluding carboxylic acids is 1. The van der Waals surface area contributed by atoms with Crippen LogP contribution in [0.4, 0.5) is 0 Å². The maximum Gasteiger partial charge on any atom is 0.226 e. The third kappa shape index (κ3) is 6.44. The van der Waals surface area contributed by atoms with Crippen LogP contribution in [0.15, 0.2) is 65.9 Å². The molecule has 3 atom stereocenters. The molecule has 4 aromatic rings. The first-order valence-corrected chi connectivity index (χ1v) is 16.3. The van der Waals surface area contributed by atoms with Crippen LogP contribution in [0.5, 0.6) is 0 Å². The van der Waals surface area contributed by atoms with Crippen molar-refractivity contribution in [3.8, 4) is 17.5 Å². The molecular formula is C37H43N7O. The smallest absolute Gasteiger partial charge is 0.226 e. The summed E-state index contributed by atoms with van der Waals surface area (Å²) >= 11 is 0. The monoisotopic (exact) mass is 601 g/mol. The van der Waals surface area contributed by atoms with Crippen molar-refractivity contribution in [1.29, 1.82) is 5.26 Å². The highest BCUT2D eigenvalue weighted by Crippen LogP contribution is 2.49. The van der Waals surface area contributed by atoms with Gasteiger partial charge >= 0.3 is 0 Å². The minimum atomic E-state index is 0.0734. The second kappa shape index (κ2) is 13.2. The van der Waals surface area contributed by atoms with Crippen molar-refractivity contribution in [2.24, 2.45) is 10.9 Å². The molecule has 0 spiro atoms. The molecule has 8 nitrogen and oxygen atoms in total. The van der Waals surface area contributed by atoms with Crippen LogP contribution < -0.4 is 5.32 Å². The van der Waals surface area contributed by atoms with E-state index < -0.39 is 0 Å². The fourth-order valence-electron chi connectivity index (χ4n) is 7.13. The van der Waals surface area contributed by atoms with E-state index >= 15 is 0 Å². The zero-order valence-electron chi connectivity index (χ0n) is 26.8. The number of aryl methyl sites for hydroxylation is 2. The Balaban J connectivity index is 1.29. The molecule has 8 heteroatoms. The van der Waals surface area contributed by atoms with Crippen LogP contribution in [0.1, 0.15) is 66.3 Å². The summed E-state index contributed by atoms with van der Waals surface area (Å²) in [6.45, 7) is 12.1. The normalized spacial score (nSPS) is 19.5. The topological polar surface area (TPSA) is 100 Å². The third-order valence-electron chi connectivity index (χ3n) is 9.51. The Morgan fingerprint density at radius 1 is 1.09 bits per heavy atom. The number of hydrogen-bond acceptors (Lipinski definition) is 4. The molecule has 3 heterocycles. The number of aliphatic imine (C=N–C) groups is 1. The van der Waals surface area contributed by atoms with Gasteiger partial charge < -0.3 is 14.8 Å². The van der Waals surface area contributed by atoms with Gasteiger partial charge in [-0.15, -0.1) is 0 Å². The molecule has 2 aliphatic rings. The minimum Gasteiger partial charge on any atom is -0.354 e. The molecule has 3 unspecified atom stereocenters. The Bertz CT molecular complexity index is 1730. The SMILES string of the molecule is CCN(CC)C(=O)C1CC1c1ccc2[nH]c(-c3cc(C)cc(C)c3)c(CCN=C(NC#N)N3CCC(c4ccncc4)C3)c2c1. The number of H-pyrrole nitrogens is 1. The summed E-state index contributed by atoms with van der Waals surface area (Å²) < 4.78 is 0. The van der Waals surface area contributed by atoms with E-state index in [-0.39, 0.29) is 17.7 Å². The molecule has 232 valence electrons. The van der Waals surface area contributed by atoms with E-state index in [4.69, 9.17) is 4.99 Å². The molecule has 6 rings (SSSR count). The van der Waals surface area contributed by atoms with Crippen LogP contribution in [0.3, 0.4) is 0 Å². The van der Waals surface area contributed by atoms with Crippen LogP contribution in [-0.4, -0.2) is 64.4 Å². The van der Waals surface area contributed by atoms with Gasteiger partial charge in [0.25, 0.3) is 0 Å². The van der Waals surface area contributed by atoms with Gasteiger partial charge in [-0.25, -0.2) is 0 Å². The van der Waals surface area contributed by atoms with Gasteiger partial charge in [0.05, 0.1) is 0 Å². The first-order chi connectivity index (χ1) is 21.9. The summed E-state index contributed by atoms with van der Waals surface area (Å²) in [5, 5.41) is 13.6. The first kappa shape index (κ1) is 30.4. The average molecular weight is 602 g/mol. The van der Waals surface area contributed by atoms with Crippen molar-refractivity contribution in [2.45, 2.75) is 58.8 Å². The predicted molar refractivity (Wildman–Crippen MR) is 180 cm³/mol. The maximum atomic E-state index is 13.1. The van der Waals surface area contributed by atoms with E-state index in [9.17, 15) is 10.1 Å². The predicted octanol–water partition coefficient (Wildman–Crippen LogP) is 6.28. The van der Waals surface area contributed by atoms with Crippen LogP contribution in [-0.2, 0) is 11.2 Å². The second-order valence-electron chi connectivity index (χ2n) is 12.5. The Hall–Kier alpha value is -4.64. The number of aromatic nitrogens is 2. The van der Waals surface area contributed by atoms with Crippen LogP contribution in [0.2, 0.25) is 0 Å². The van der Waals surface area contributed by atoms with Gasteiger partial charge in [0.2, 0.25) is 11.9 Å². The number of likely N-dealkylation sites (tertiary alicyclic amines) is 1. The van der Waals surface area contributed by atoms with Crippen molar-refractivity contribution in [2.75, 3.05) is 32.7 Å². The van der Waals surface area contributed by atoms with E-state index in [2.05, 4.69) is 103 Å². The van der Waals surface area contributed by atoms with E-state index in [1.165, 1.54) is 38.8 Å². The van der Waals surface area contributed by atoms with Gasteiger partial charge in [-0.2, -0.15) is 5.26 Å². The zero-order valence-corrected chi connectivity index (χ0v) is 26.8. The average Bonchev–Trinajstić information content (AvgIpc) is 3.54. The number of nitrogens with one attached hydrogen (secondary N) is 2. The Kier molecular flexibility index (Phi) is 8.88. The molecule has 1 saturated heterocycles. The number of guanidine groups is 1. The van der Waals surface area contributed by atoms with Gasteiger partial charge in [0, 0.05) is 73.6 Å². The largest absolute Gasteiger partial charge is 0.354 e. The number of aromatic amines is 1. The summed E-state index contributed by atoms with van der Waals surface area (Å²) in [5.41, 5.74) is 9.55. The Labute approximate surface area is 266 Å². The summed E-state index contributed by atoms with van der Waals surface area (Å²) in [4.78, 5) is 30.0. The van der Waals surface area contributed by atoms with Crippen LogP contribution in [0.25, 0.3) is 22.2 Å². The molecule has 1 saturated carbocycles. The lowest BCUT2D eigenvalue weighted by atomic mass is 9.98. The zero-order chi connectivity index (χ0) is 31.5. The van der Waals surface area contributed by atoms with Gasteiger partial charge in [-0.1, -0.05) is 23.3 Å². The molecule has 0 radical (unpaired) electrons. The van der Waals surface area contributed by atoms with Crippen molar-refractivity contribution in [3.63, 3.8) is 0 Å². The number of hydrogen-bond donors (Lipinski definition) is 2. The summed E-state index contributed by atoms with van der Waals surface area (Å²) in [6, 6.07) is 17.5. The number of carbonyl (C=O) groups is 1. The Morgan fingerprint density at radius 3 is 2.56 bits per heavy atom. The van der Waals surface area contributed by atoms with Crippen molar-refractivity contribution in [3.05, 3.63) is 88.7 Å². The number of nitriles is 1. The van der Waals surface area contributed by atoms with Gasteiger partial charge in [0.1, 0.15) is 0 Å². The van der Waals surface area contributed by atoms with E-state index in [0.29, 0.717) is 18.4 Å². The number of fused-ring (bicyclic) bond motifs is 1. The third-order valence-corrected chi connectivity index (χ3v) is 9.51. The summed E-state index contributed by atoms with van der Waals surface area (Å²) in [6.07, 6.45) is 8.43. The minimum absolute atomic E-state index is 0.0734. The molecule has 2 fully saturated rings. The van der Waals surface area contributed by atoms with E-state index in [0.717, 1.165) is 56.7 Å². The number of nitrogens with zero attached hydrogens (tertiary/aromatic N) is 5. The van der Waals surface area contributed by atoms with Gasteiger partial charge in [-0.3, -0.25) is 20.1 Å². The van der Waals surface area contributed by atoms with E-state index in [1.54, 1.807) is 0 Å². The quantitative estimate of drug-likeness (QED) is 0.102. The number of benzene rings is 2. The lowest BCUT2D eigenvalue weighted by molar-refractivity contribution is -0.132. The van der Waals surface area contributed by atoms with Crippen molar-refractivity contribution >= 4 is 22.8 Å². The fourth-order valence-corrected chi connectivity index (χ4v) is 7.13. The highest BCUT2D eigenvalue weighted by atomic mass is 16.2. The van der Waals surface area contributed by atoms with Gasteiger partial charge in [0.15, 0.2) is 6.19 Å². The van der Waals surface area contributed by atoms with Crippen molar-refractivity contribution in [1.82, 2.24) is 25.1 Å². The maximum absolute atomic E-state index is 13.1. The number of rotatable bonds is 9. The first-order valence-electron chi connectivity index (χ1n) is 16.3. The highest BCUT2D eigenvalue weighted by Gasteiger charge is 2.45. The Morgan fingerprint density at radius 2 is 1.84 bits per heavy atom. The molecule has 2 aromatic carbocycles. The van der Waals surface area contributed by atoms with Crippen LogP contribution in [0, 0.1) is 31.2 Å². The lowest BCUT2D eigenvalue weighted by Gasteiger charge is -2.19. The summed E-state index contributed by atoms with van der Waals surface area (Å²) in [5.74, 6) is 1.64. The number of amides is 1. The lowest BCUT2D eigenvalue weighted by Crippen LogP contribution is -2.38. The molecule has 2 N–H and O–H groups in total. The molecule has 1 amide bonds. The standard InChI is InChI=1S/C37H43N7O/c1-5-43(6-2)36(45)33-21-31(33)27-7-8-34-32(20-27)30(35(42-34)29-18-24(3)17-25(4)19-29)11-15-40-37(41-23-38)44-16-12-28(22-44)26-9-13-39-14-10-26/h7-10,13-14,17-20,28,31,33,42H,5-6,11-12,15-16,21-22H2,1-4H3,(H,40,41). The molecule has 45 heavy (non-hydrogen) atoms. The molecule has 1 aliphatic heterocycles. The second-order valence-corrected chi connectivity index (χ2v) is 12.5.